The Kier molecular flexibility index (Phi) is 7.25. The molecule has 150 valence electrons. The van der Waals surface area contributed by atoms with Crippen LogP contribution in [-0.2, 0) is 11.2 Å². The van der Waals surface area contributed by atoms with Crippen LogP contribution in [0.15, 0.2) is 36.7 Å². The monoisotopic (exact) mass is 438 g/mol. The van der Waals surface area contributed by atoms with Crippen molar-refractivity contribution in [3.8, 4) is 11.1 Å². The van der Waals surface area contributed by atoms with Gasteiger partial charge in [-0.15, -0.1) is 12.4 Å². The lowest BCUT2D eigenvalue weighted by Gasteiger charge is -2.35. The van der Waals surface area contributed by atoms with Gasteiger partial charge < -0.3 is 4.90 Å². The zero-order chi connectivity index (χ0) is 18.8. The molecule has 2 aliphatic rings. The first-order valence-electron chi connectivity index (χ1n) is 9.79. The van der Waals surface area contributed by atoms with Crippen molar-refractivity contribution in [2.24, 2.45) is 5.92 Å². The second-order valence-corrected chi connectivity index (χ2v) is 8.55. The lowest BCUT2D eigenvalue weighted by atomic mass is 9.81. The number of halogens is 3. The Hall–Kier alpha value is -1.29. The van der Waals surface area contributed by atoms with Gasteiger partial charge in [-0.25, -0.2) is 0 Å². The Morgan fingerprint density at radius 1 is 1.04 bits per heavy atom. The van der Waals surface area contributed by atoms with E-state index < -0.39 is 0 Å². The summed E-state index contributed by atoms with van der Waals surface area (Å²) in [6.45, 7) is 0.929. The highest BCUT2D eigenvalue weighted by Crippen LogP contribution is 2.37. The van der Waals surface area contributed by atoms with E-state index in [1.165, 1.54) is 12.8 Å². The maximum atomic E-state index is 12.1. The van der Waals surface area contributed by atoms with Crippen molar-refractivity contribution in [3.63, 3.8) is 0 Å². The second-order valence-electron chi connectivity index (χ2n) is 7.74. The lowest BCUT2D eigenvalue weighted by molar-refractivity contribution is -0.130. The van der Waals surface area contributed by atoms with Crippen molar-refractivity contribution in [1.82, 2.24) is 9.88 Å². The summed E-state index contributed by atoms with van der Waals surface area (Å²) in [5.41, 5.74) is 3.11. The van der Waals surface area contributed by atoms with Gasteiger partial charge in [-0.3, -0.25) is 9.78 Å². The van der Waals surface area contributed by atoms with Crippen molar-refractivity contribution in [2.45, 2.75) is 51.0 Å². The molecule has 1 aliphatic heterocycles. The molecule has 0 bridgehead atoms. The van der Waals surface area contributed by atoms with Gasteiger partial charge in [0.25, 0.3) is 0 Å². The Morgan fingerprint density at radius 3 is 2.39 bits per heavy atom. The van der Waals surface area contributed by atoms with Crippen LogP contribution in [0.25, 0.3) is 11.1 Å². The van der Waals surface area contributed by atoms with Crippen molar-refractivity contribution in [2.75, 3.05) is 6.54 Å². The van der Waals surface area contributed by atoms with E-state index in [0.717, 1.165) is 65.4 Å². The molecule has 4 rings (SSSR count). The SMILES string of the molecule is Cl.O=C1CCCN1C1CCCC(Cc2c(Cl)cc(-c3ccncc3)cc2Cl)C1. The van der Waals surface area contributed by atoms with Gasteiger partial charge in [0.15, 0.2) is 0 Å². The zero-order valence-electron chi connectivity index (χ0n) is 15.7. The predicted molar refractivity (Wildman–Crippen MR) is 117 cm³/mol. The van der Waals surface area contributed by atoms with Gasteiger partial charge in [-0.1, -0.05) is 29.6 Å². The normalized spacial score (nSPS) is 22.2. The molecule has 3 nitrogen and oxygen atoms in total. The van der Waals surface area contributed by atoms with Gasteiger partial charge in [0.1, 0.15) is 0 Å². The number of rotatable bonds is 4. The van der Waals surface area contributed by atoms with Crippen LogP contribution >= 0.6 is 35.6 Å². The number of nitrogens with zero attached hydrogens (tertiary/aromatic N) is 2. The fourth-order valence-electron chi connectivity index (χ4n) is 4.58. The summed E-state index contributed by atoms with van der Waals surface area (Å²) in [6, 6.07) is 8.32. The molecule has 0 radical (unpaired) electrons. The van der Waals surface area contributed by atoms with Gasteiger partial charge in [0.05, 0.1) is 0 Å². The van der Waals surface area contributed by atoms with Crippen molar-refractivity contribution in [1.29, 1.82) is 0 Å². The fourth-order valence-corrected chi connectivity index (χ4v) is 5.23. The summed E-state index contributed by atoms with van der Waals surface area (Å²) in [5, 5.41) is 1.46. The Bertz CT molecular complexity index is 805. The first-order chi connectivity index (χ1) is 13.1. The van der Waals surface area contributed by atoms with Crippen LogP contribution in [0, 0.1) is 5.92 Å². The number of aromatic nitrogens is 1. The number of hydrogen-bond donors (Lipinski definition) is 0. The molecule has 6 heteroatoms. The fraction of sp³-hybridized carbons (Fsp3) is 0.455. The van der Waals surface area contributed by atoms with Gasteiger partial charge in [0.2, 0.25) is 5.91 Å². The van der Waals surface area contributed by atoms with Gasteiger partial charge in [-0.2, -0.15) is 0 Å². The van der Waals surface area contributed by atoms with Crippen LogP contribution in [0.3, 0.4) is 0 Å². The molecular formula is C22H25Cl3N2O. The minimum atomic E-state index is 0. The van der Waals surface area contributed by atoms with Crippen LogP contribution in [0.5, 0.6) is 0 Å². The first-order valence-corrected chi connectivity index (χ1v) is 10.5. The van der Waals surface area contributed by atoms with Crippen molar-refractivity contribution >= 4 is 41.5 Å². The average Bonchev–Trinajstić information content (AvgIpc) is 3.11. The Labute approximate surface area is 182 Å². The van der Waals surface area contributed by atoms with Crippen LogP contribution in [-0.4, -0.2) is 28.4 Å². The van der Waals surface area contributed by atoms with E-state index in [0.29, 0.717) is 17.9 Å². The minimum Gasteiger partial charge on any atom is -0.340 e. The number of benzene rings is 1. The molecule has 28 heavy (non-hydrogen) atoms. The average molecular weight is 440 g/mol. The van der Waals surface area contributed by atoms with E-state index in [-0.39, 0.29) is 12.4 Å². The summed E-state index contributed by atoms with van der Waals surface area (Å²) in [5.74, 6) is 0.859. The summed E-state index contributed by atoms with van der Waals surface area (Å²) in [6.07, 6.45) is 10.7. The Balaban J connectivity index is 0.00000225. The quantitative estimate of drug-likeness (QED) is 0.568. The van der Waals surface area contributed by atoms with Crippen LogP contribution in [0.1, 0.15) is 44.1 Å². The molecule has 2 fully saturated rings. The molecule has 1 aromatic carbocycles. The van der Waals surface area contributed by atoms with Crippen molar-refractivity contribution < 1.29 is 4.79 Å². The molecule has 2 heterocycles. The molecule has 0 spiro atoms. The third kappa shape index (κ3) is 4.64. The summed E-state index contributed by atoms with van der Waals surface area (Å²) in [7, 11) is 0. The standard InChI is InChI=1S/C22H24Cl2N2O.ClH/c23-20-13-17(16-6-8-25-9-7-16)14-21(24)19(20)12-15-3-1-4-18(11-15)26-10-2-5-22(26)27;/h6-9,13-15,18H,1-5,10-12H2;1H. The summed E-state index contributed by atoms with van der Waals surface area (Å²) in [4.78, 5) is 18.3. The minimum absolute atomic E-state index is 0. The highest BCUT2D eigenvalue weighted by molar-refractivity contribution is 6.36. The molecule has 1 saturated carbocycles. The predicted octanol–water partition coefficient (Wildman–Crippen LogP) is 6.20. The number of carbonyl (C=O) groups excluding carboxylic acids is 1. The highest BCUT2D eigenvalue weighted by atomic mass is 35.5. The third-order valence-electron chi connectivity index (χ3n) is 5.95. The molecule has 2 unspecified atom stereocenters. The third-order valence-corrected chi connectivity index (χ3v) is 6.63. The van der Waals surface area contributed by atoms with E-state index in [9.17, 15) is 4.79 Å². The molecule has 1 aromatic heterocycles. The van der Waals surface area contributed by atoms with Crippen LogP contribution in [0.4, 0.5) is 0 Å². The van der Waals surface area contributed by atoms with Crippen molar-refractivity contribution in [3.05, 3.63) is 52.3 Å². The zero-order valence-corrected chi connectivity index (χ0v) is 18.1. The van der Waals surface area contributed by atoms with Crippen LogP contribution < -0.4 is 0 Å². The Morgan fingerprint density at radius 2 is 1.75 bits per heavy atom. The van der Waals surface area contributed by atoms with E-state index >= 15 is 0 Å². The van der Waals surface area contributed by atoms with E-state index in [4.69, 9.17) is 23.2 Å². The largest absolute Gasteiger partial charge is 0.340 e. The summed E-state index contributed by atoms with van der Waals surface area (Å²) < 4.78 is 0. The highest BCUT2D eigenvalue weighted by Gasteiger charge is 2.32. The lowest BCUT2D eigenvalue weighted by Crippen LogP contribution is -2.39. The number of hydrogen-bond acceptors (Lipinski definition) is 2. The number of pyridine rings is 1. The number of amides is 1. The van der Waals surface area contributed by atoms with E-state index in [2.05, 4.69) is 9.88 Å². The topological polar surface area (TPSA) is 33.2 Å². The molecular weight excluding hydrogens is 415 g/mol. The molecule has 1 saturated heterocycles. The number of carbonyl (C=O) groups is 1. The second kappa shape index (κ2) is 9.47. The number of likely N-dealkylation sites (tertiary alicyclic amines) is 1. The first kappa shape index (κ1) is 21.4. The smallest absolute Gasteiger partial charge is 0.222 e. The molecule has 2 atom stereocenters. The molecule has 2 aromatic rings. The van der Waals surface area contributed by atoms with E-state index in [1.807, 2.05) is 24.3 Å². The maximum absolute atomic E-state index is 12.1. The van der Waals surface area contributed by atoms with Crippen LogP contribution in [0.2, 0.25) is 10.0 Å². The van der Waals surface area contributed by atoms with Gasteiger partial charge >= 0.3 is 0 Å². The summed E-state index contributed by atoms with van der Waals surface area (Å²) >= 11 is 13.3. The van der Waals surface area contributed by atoms with E-state index in [1.54, 1.807) is 12.4 Å². The molecule has 1 aliphatic carbocycles. The molecule has 1 amide bonds. The van der Waals surface area contributed by atoms with Gasteiger partial charge in [0, 0.05) is 41.4 Å². The molecule has 0 N–H and O–H groups in total. The van der Waals surface area contributed by atoms with Gasteiger partial charge in [-0.05, 0) is 79.0 Å². The maximum Gasteiger partial charge on any atom is 0.222 e.